The van der Waals surface area contributed by atoms with E-state index in [1.165, 1.54) is 12.8 Å². The maximum Gasteiger partial charge on any atom is 0.279 e. The van der Waals surface area contributed by atoms with Crippen molar-refractivity contribution >= 4 is 10.2 Å². The molecule has 0 amide bonds. The molecule has 3 heterocycles. The summed E-state index contributed by atoms with van der Waals surface area (Å²) < 4.78 is 31.1. The van der Waals surface area contributed by atoms with Crippen molar-refractivity contribution < 1.29 is 8.42 Å². The molecule has 0 bridgehead atoms. The van der Waals surface area contributed by atoms with Crippen molar-refractivity contribution in [2.45, 2.75) is 58.0 Å². The van der Waals surface area contributed by atoms with Gasteiger partial charge >= 0.3 is 0 Å². The first kappa shape index (κ1) is 15.0. The fraction of sp³-hybridized carbons (Fsp3) is 0.786. The highest BCUT2D eigenvalue weighted by molar-refractivity contribution is 7.87. The second kappa shape index (κ2) is 6.46. The number of aromatic nitrogens is 2. The van der Waals surface area contributed by atoms with Crippen LogP contribution in [0.3, 0.4) is 0 Å². The molecule has 2 aliphatic rings. The molecule has 3 rings (SSSR count). The molecule has 1 fully saturated rings. The average Bonchev–Trinajstić information content (AvgIpc) is 2.69. The molecule has 118 valence electrons. The fourth-order valence-corrected chi connectivity index (χ4v) is 4.35. The number of rotatable bonds is 4. The minimum absolute atomic E-state index is 0.291. The van der Waals surface area contributed by atoms with Gasteiger partial charge in [-0.15, -0.1) is 0 Å². The number of nitrogens with zero attached hydrogens (tertiary/aromatic N) is 3. The Hall–Kier alpha value is -0.920. The Kier molecular flexibility index (Phi) is 4.61. The van der Waals surface area contributed by atoms with E-state index in [4.69, 9.17) is 0 Å². The van der Waals surface area contributed by atoms with Crippen molar-refractivity contribution in [3.05, 3.63) is 17.7 Å². The predicted molar refractivity (Wildman–Crippen MR) is 81.0 cm³/mol. The summed E-state index contributed by atoms with van der Waals surface area (Å²) in [5, 5.41) is 0. The SMILES string of the molecule is O=S(=O)(NCc1cn2c(n1)CCCC2)N1CCCCCC1. The molecule has 1 N–H and O–H groups in total. The Labute approximate surface area is 126 Å². The molecule has 1 saturated heterocycles. The molecule has 0 radical (unpaired) electrons. The summed E-state index contributed by atoms with van der Waals surface area (Å²) >= 11 is 0. The Morgan fingerprint density at radius 1 is 1.05 bits per heavy atom. The van der Waals surface area contributed by atoms with Crippen LogP contribution >= 0.6 is 0 Å². The van der Waals surface area contributed by atoms with Gasteiger partial charge in [-0.3, -0.25) is 0 Å². The Bertz CT molecular complexity index is 550. The molecular formula is C14H24N4O2S. The van der Waals surface area contributed by atoms with Gasteiger partial charge in [-0.2, -0.15) is 17.4 Å². The molecular weight excluding hydrogens is 288 g/mol. The smallest absolute Gasteiger partial charge is 0.279 e. The Balaban J connectivity index is 1.61. The minimum atomic E-state index is -3.37. The maximum absolute atomic E-state index is 12.3. The normalized spacial score (nSPS) is 21.0. The fourth-order valence-electron chi connectivity index (χ4n) is 3.10. The first-order valence-electron chi connectivity index (χ1n) is 7.95. The molecule has 0 aromatic carbocycles. The van der Waals surface area contributed by atoms with Crippen LogP contribution < -0.4 is 4.72 Å². The number of hydrogen-bond acceptors (Lipinski definition) is 3. The lowest BCUT2D eigenvalue weighted by Gasteiger charge is -2.19. The van der Waals surface area contributed by atoms with Crippen molar-refractivity contribution in [3.8, 4) is 0 Å². The third kappa shape index (κ3) is 3.64. The van der Waals surface area contributed by atoms with Crippen LogP contribution in [0.25, 0.3) is 0 Å². The molecule has 0 aliphatic carbocycles. The summed E-state index contributed by atoms with van der Waals surface area (Å²) in [5.74, 6) is 1.09. The molecule has 1 aromatic heterocycles. The first-order valence-corrected chi connectivity index (χ1v) is 9.39. The third-order valence-electron chi connectivity index (χ3n) is 4.30. The topological polar surface area (TPSA) is 67.2 Å². The quantitative estimate of drug-likeness (QED) is 0.914. The average molecular weight is 312 g/mol. The van der Waals surface area contributed by atoms with Gasteiger partial charge in [-0.25, -0.2) is 4.98 Å². The Morgan fingerprint density at radius 2 is 1.76 bits per heavy atom. The van der Waals surface area contributed by atoms with Gasteiger partial charge in [-0.1, -0.05) is 12.8 Å². The highest BCUT2D eigenvalue weighted by atomic mass is 32.2. The lowest BCUT2D eigenvalue weighted by Crippen LogP contribution is -2.40. The summed E-state index contributed by atoms with van der Waals surface area (Å²) in [4.78, 5) is 4.53. The summed E-state index contributed by atoms with van der Waals surface area (Å²) in [6, 6.07) is 0. The summed E-state index contributed by atoms with van der Waals surface area (Å²) in [5.41, 5.74) is 0.824. The van der Waals surface area contributed by atoms with Crippen LogP contribution in [0.5, 0.6) is 0 Å². The predicted octanol–water partition coefficient (Wildman–Crippen LogP) is 1.43. The van der Waals surface area contributed by atoms with Crippen LogP contribution in [0, 0.1) is 0 Å². The van der Waals surface area contributed by atoms with E-state index in [0.29, 0.717) is 19.6 Å². The van der Waals surface area contributed by atoms with Crippen molar-refractivity contribution in [1.29, 1.82) is 0 Å². The van der Waals surface area contributed by atoms with E-state index < -0.39 is 10.2 Å². The van der Waals surface area contributed by atoms with Gasteiger partial charge in [0, 0.05) is 32.3 Å². The van der Waals surface area contributed by atoms with Gasteiger partial charge < -0.3 is 4.57 Å². The monoisotopic (exact) mass is 312 g/mol. The van der Waals surface area contributed by atoms with Crippen molar-refractivity contribution in [3.63, 3.8) is 0 Å². The molecule has 0 unspecified atom stereocenters. The number of imidazole rings is 1. The van der Waals surface area contributed by atoms with Crippen LogP contribution in [-0.2, 0) is 29.7 Å². The zero-order valence-electron chi connectivity index (χ0n) is 12.4. The van der Waals surface area contributed by atoms with Crippen molar-refractivity contribution in [2.24, 2.45) is 0 Å². The van der Waals surface area contributed by atoms with Crippen molar-refractivity contribution in [2.75, 3.05) is 13.1 Å². The maximum atomic E-state index is 12.3. The molecule has 0 spiro atoms. The van der Waals surface area contributed by atoms with Crippen LogP contribution in [0.4, 0.5) is 0 Å². The van der Waals surface area contributed by atoms with Crippen LogP contribution in [0.15, 0.2) is 6.20 Å². The second-order valence-corrected chi connectivity index (χ2v) is 7.69. The highest BCUT2D eigenvalue weighted by Gasteiger charge is 2.23. The largest absolute Gasteiger partial charge is 0.335 e. The van der Waals surface area contributed by atoms with E-state index in [2.05, 4.69) is 14.3 Å². The number of fused-ring (bicyclic) bond motifs is 1. The first-order chi connectivity index (χ1) is 10.1. The summed E-state index contributed by atoms with van der Waals surface area (Å²) in [7, 11) is -3.37. The standard InChI is InChI=1S/C14H24N4O2S/c19-21(20,18-9-4-1-2-5-10-18)15-11-13-12-17-8-6-3-7-14(17)16-13/h12,15H,1-11H2. The summed E-state index contributed by atoms with van der Waals surface area (Å²) in [6.07, 6.45) is 9.51. The van der Waals surface area contributed by atoms with Gasteiger partial charge in [0.1, 0.15) is 5.82 Å². The van der Waals surface area contributed by atoms with E-state index in [1.54, 1.807) is 4.31 Å². The lowest BCUT2D eigenvalue weighted by atomic mass is 10.2. The van der Waals surface area contributed by atoms with Gasteiger partial charge in [0.15, 0.2) is 0 Å². The number of aryl methyl sites for hydroxylation is 2. The van der Waals surface area contributed by atoms with E-state index in [9.17, 15) is 8.42 Å². The molecule has 2 aliphatic heterocycles. The molecule has 0 atom stereocenters. The van der Waals surface area contributed by atoms with Crippen LogP contribution in [-0.4, -0.2) is 35.4 Å². The van der Waals surface area contributed by atoms with Gasteiger partial charge in [0.2, 0.25) is 0 Å². The van der Waals surface area contributed by atoms with Gasteiger partial charge in [-0.05, 0) is 25.7 Å². The third-order valence-corrected chi connectivity index (χ3v) is 5.85. The Morgan fingerprint density at radius 3 is 2.48 bits per heavy atom. The zero-order valence-corrected chi connectivity index (χ0v) is 13.2. The number of nitrogens with one attached hydrogen (secondary N) is 1. The van der Waals surface area contributed by atoms with E-state index >= 15 is 0 Å². The van der Waals surface area contributed by atoms with Crippen LogP contribution in [0.2, 0.25) is 0 Å². The lowest BCUT2D eigenvalue weighted by molar-refractivity contribution is 0.414. The van der Waals surface area contributed by atoms with E-state index in [0.717, 1.165) is 50.2 Å². The molecule has 0 saturated carbocycles. The highest BCUT2D eigenvalue weighted by Crippen LogP contribution is 2.15. The zero-order chi connectivity index (χ0) is 14.7. The van der Waals surface area contributed by atoms with Gasteiger partial charge in [0.05, 0.1) is 12.2 Å². The second-order valence-electron chi connectivity index (χ2n) is 5.94. The van der Waals surface area contributed by atoms with Gasteiger partial charge in [0.25, 0.3) is 10.2 Å². The summed E-state index contributed by atoms with van der Waals surface area (Å²) in [6.45, 7) is 2.56. The van der Waals surface area contributed by atoms with Crippen molar-refractivity contribution in [1.82, 2.24) is 18.6 Å². The number of hydrogen-bond donors (Lipinski definition) is 1. The molecule has 1 aromatic rings. The minimum Gasteiger partial charge on any atom is -0.335 e. The molecule has 6 nitrogen and oxygen atoms in total. The van der Waals surface area contributed by atoms with Crippen LogP contribution in [0.1, 0.15) is 50.0 Å². The van der Waals surface area contributed by atoms with E-state index in [1.807, 2.05) is 6.20 Å². The molecule has 7 heteroatoms. The van der Waals surface area contributed by atoms with E-state index in [-0.39, 0.29) is 0 Å². The molecule has 21 heavy (non-hydrogen) atoms.